The van der Waals surface area contributed by atoms with Gasteiger partial charge in [-0.25, -0.2) is 4.79 Å². The van der Waals surface area contributed by atoms with Crippen LogP contribution < -0.4 is 4.90 Å². The van der Waals surface area contributed by atoms with Crippen molar-refractivity contribution < 1.29 is 29.0 Å². The highest BCUT2D eigenvalue weighted by molar-refractivity contribution is 7.15. The van der Waals surface area contributed by atoms with Crippen molar-refractivity contribution in [1.29, 1.82) is 0 Å². The first-order valence-electron chi connectivity index (χ1n) is 13.1. The molecule has 9 heteroatoms. The van der Waals surface area contributed by atoms with Crippen LogP contribution in [0.15, 0.2) is 6.07 Å². The van der Waals surface area contributed by atoms with Crippen LogP contribution in [0.1, 0.15) is 74.9 Å². The molecule has 1 aliphatic heterocycles. The lowest BCUT2D eigenvalue weighted by molar-refractivity contribution is -0.142. The summed E-state index contributed by atoms with van der Waals surface area (Å²) in [6, 6.07) is 0.643. The van der Waals surface area contributed by atoms with Crippen molar-refractivity contribution in [3.05, 3.63) is 15.8 Å². The van der Waals surface area contributed by atoms with Crippen LogP contribution in [0.4, 0.5) is 5.69 Å². The Hall–Kier alpha value is -2.41. The minimum Gasteiger partial charge on any atom is -0.477 e. The molecule has 1 aliphatic carbocycles. The van der Waals surface area contributed by atoms with E-state index in [1.165, 1.54) is 12.0 Å². The number of carboxylic acids is 1. The number of amides is 2. The number of aromatic carboxylic acids is 1. The molecule has 8 nitrogen and oxygen atoms in total. The third kappa shape index (κ3) is 7.34. The third-order valence-corrected chi connectivity index (χ3v) is 8.03. The number of morpholine rings is 1. The maximum absolute atomic E-state index is 14.2. The van der Waals surface area contributed by atoms with Gasteiger partial charge >= 0.3 is 5.97 Å². The van der Waals surface area contributed by atoms with Crippen molar-refractivity contribution >= 4 is 34.8 Å². The first-order chi connectivity index (χ1) is 17.4. The number of anilines is 1. The number of hydrogen-bond acceptors (Lipinski definition) is 6. The molecule has 1 saturated carbocycles. The second kappa shape index (κ2) is 12.4. The van der Waals surface area contributed by atoms with Crippen LogP contribution in [0.5, 0.6) is 0 Å². The average Bonchev–Trinajstić information content (AvgIpc) is 3.29. The summed E-state index contributed by atoms with van der Waals surface area (Å²) >= 11 is 1.03. The molecule has 2 aliphatic rings. The minimum atomic E-state index is -1.15. The average molecular weight is 533 g/mol. The van der Waals surface area contributed by atoms with Gasteiger partial charge in [-0.15, -0.1) is 11.3 Å². The number of nitrogens with zero attached hydrogens (tertiary/aromatic N) is 2. The molecule has 1 N–H and O–H groups in total. The minimum absolute atomic E-state index is 0.00110. The molecular formula is C28H40N2O6S. The molecule has 3 rings (SSSR count). The van der Waals surface area contributed by atoms with Gasteiger partial charge in [0.2, 0.25) is 11.8 Å². The fraction of sp³-hybridized carbons (Fsp3) is 0.679. The summed E-state index contributed by atoms with van der Waals surface area (Å²) in [5.41, 5.74) is -0.0591. The Kier molecular flexibility index (Phi) is 9.79. The van der Waals surface area contributed by atoms with E-state index in [1.807, 2.05) is 20.8 Å². The van der Waals surface area contributed by atoms with Crippen molar-refractivity contribution in [3.63, 3.8) is 0 Å². The van der Waals surface area contributed by atoms with Crippen LogP contribution in [0, 0.1) is 29.1 Å². The van der Waals surface area contributed by atoms with Gasteiger partial charge in [0.15, 0.2) is 0 Å². The number of methoxy groups -OCH3 is 1. The summed E-state index contributed by atoms with van der Waals surface area (Å²) in [5.74, 6) is 4.83. The quantitative estimate of drug-likeness (QED) is 0.527. The zero-order chi connectivity index (χ0) is 27.3. The van der Waals surface area contributed by atoms with Gasteiger partial charge in [-0.1, -0.05) is 18.8 Å². The number of carbonyl (C=O) groups is 3. The van der Waals surface area contributed by atoms with Gasteiger partial charge in [0.05, 0.1) is 29.9 Å². The topological polar surface area (TPSA) is 96.4 Å². The van der Waals surface area contributed by atoms with E-state index in [2.05, 4.69) is 18.8 Å². The number of carboxylic acid groups (broad SMARTS) is 1. The number of hydrogen-bond donors (Lipinski definition) is 1. The molecule has 0 aromatic carbocycles. The number of carbonyl (C=O) groups excluding carboxylic acids is 2. The Bertz CT molecular complexity index is 1040. The van der Waals surface area contributed by atoms with E-state index < -0.39 is 18.1 Å². The van der Waals surface area contributed by atoms with E-state index in [0.29, 0.717) is 49.9 Å². The molecule has 2 fully saturated rings. The van der Waals surface area contributed by atoms with Gasteiger partial charge in [0.25, 0.3) is 0 Å². The molecule has 1 aromatic heterocycles. The van der Waals surface area contributed by atoms with Gasteiger partial charge in [-0.05, 0) is 65.4 Å². The van der Waals surface area contributed by atoms with E-state index in [1.54, 1.807) is 17.9 Å². The van der Waals surface area contributed by atoms with E-state index in [9.17, 15) is 19.5 Å². The molecule has 1 aromatic rings. The first kappa shape index (κ1) is 29.2. The SMILES string of the molecule is CO[C@@H](C)[C@@H](C(=O)N1CCOCC1)N(c1cc(C#CC(C)(C)C)sc1C(=O)O)C(=O)[C@H]1CC[C@H](C)CC1. The number of rotatable bonds is 7. The Balaban J connectivity index is 2.14. The van der Waals surface area contributed by atoms with Crippen LogP contribution in [0.25, 0.3) is 0 Å². The van der Waals surface area contributed by atoms with Crippen molar-refractivity contribution in [1.82, 2.24) is 4.90 Å². The van der Waals surface area contributed by atoms with Crippen molar-refractivity contribution in [2.75, 3.05) is 38.3 Å². The zero-order valence-corrected chi connectivity index (χ0v) is 23.7. The predicted octanol–water partition coefficient (Wildman–Crippen LogP) is 4.27. The second-order valence-electron chi connectivity index (χ2n) is 11.1. The van der Waals surface area contributed by atoms with Crippen molar-refractivity contribution in [2.45, 2.75) is 72.4 Å². The lowest BCUT2D eigenvalue weighted by Gasteiger charge is -2.40. The van der Waals surface area contributed by atoms with Crippen molar-refractivity contribution in [2.24, 2.45) is 17.3 Å². The monoisotopic (exact) mass is 532 g/mol. The van der Waals surface area contributed by atoms with Gasteiger partial charge in [0.1, 0.15) is 10.9 Å². The Morgan fingerprint density at radius 3 is 2.35 bits per heavy atom. The Morgan fingerprint density at radius 1 is 1.19 bits per heavy atom. The predicted molar refractivity (Wildman–Crippen MR) is 144 cm³/mol. The van der Waals surface area contributed by atoms with Gasteiger partial charge in [-0.2, -0.15) is 0 Å². The summed E-state index contributed by atoms with van der Waals surface area (Å²) in [7, 11) is 1.50. The first-order valence-corrected chi connectivity index (χ1v) is 13.9. The van der Waals surface area contributed by atoms with Crippen LogP contribution in [-0.2, 0) is 19.1 Å². The molecule has 2 heterocycles. The number of ether oxygens (including phenoxy) is 2. The largest absolute Gasteiger partial charge is 0.477 e. The Labute approximate surface area is 224 Å². The molecule has 2 amide bonds. The maximum atomic E-state index is 14.2. The summed E-state index contributed by atoms with van der Waals surface area (Å²) in [6.07, 6.45) is 2.60. The molecule has 37 heavy (non-hydrogen) atoms. The molecule has 0 unspecified atom stereocenters. The van der Waals surface area contributed by atoms with Crippen LogP contribution in [0.2, 0.25) is 0 Å². The molecule has 1 saturated heterocycles. The maximum Gasteiger partial charge on any atom is 0.348 e. The smallest absolute Gasteiger partial charge is 0.348 e. The number of thiophene rings is 1. The summed E-state index contributed by atoms with van der Waals surface area (Å²) in [6.45, 7) is 11.5. The van der Waals surface area contributed by atoms with E-state index >= 15 is 0 Å². The third-order valence-electron chi connectivity index (χ3n) is 7.00. The molecule has 2 atom stereocenters. The van der Waals surface area contributed by atoms with E-state index in [-0.39, 0.29) is 33.7 Å². The van der Waals surface area contributed by atoms with E-state index in [0.717, 1.165) is 24.2 Å². The van der Waals surface area contributed by atoms with E-state index in [4.69, 9.17) is 9.47 Å². The summed E-state index contributed by atoms with van der Waals surface area (Å²) in [4.78, 5) is 44.2. The molecular weight excluding hydrogens is 492 g/mol. The molecule has 0 bridgehead atoms. The highest BCUT2D eigenvalue weighted by atomic mass is 32.1. The summed E-state index contributed by atoms with van der Waals surface area (Å²) in [5, 5.41) is 10.1. The standard InChI is InChI=1S/C28H40N2O6S/c1-18-7-9-20(10-8-18)25(31)30(23(19(2)35-6)26(32)29-13-15-36-16-14-29)22-17-21(11-12-28(3,4)5)37-24(22)27(33)34/h17-20,23H,7-10,13-16H2,1-6H3,(H,33,34)/t18-,19-,20-,23-/m0/s1. The van der Waals surface area contributed by atoms with Crippen molar-refractivity contribution in [3.8, 4) is 11.8 Å². The van der Waals surface area contributed by atoms with Gasteiger partial charge in [0, 0.05) is 31.5 Å². The zero-order valence-electron chi connectivity index (χ0n) is 22.8. The van der Waals surface area contributed by atoms with Crippen LogP contribution in [-0.4, -0.2) is 73.3 Å². The van der Waals surface area contributed by atoms with Gasteiger partial charge in [-0.3, -0.25) is 14.5 Å². The normalized spacial score (nSPS) is 21.9. The molecule has 204 valence electrons. The Morgan fingerprint density at radius 2 is 1.81 bits per heavy atom. The highest BCUT2D eigenvalue weighted by Gasteiger charge is 2.43. The van der Waals surface area contributed by atoms with Crippen LogP contribution in [0.3, 0.4) is 0 Å². The lowest BCUT2D eigenvalue weighted by atomic mass is 9.82. The van der Waals surface area contributed by atoms with Gasteiger partial charge < -0.3 is 19.5 Å². The second-order valence-corrected chi connectivity index (χ2v) is 12.2. The fourth-order valence-corrected chi connectivity index (χ4v) is 5.60. The fourth-order valence-electron chi connectivity index (χ4n) is 4.75. The summed E-state index contributed by atoms with van der Waals surface area (Å²) < 4.78 is 11.1. The van der Waals surface area contributed by atoms with Crippen LogP contribution >= 0.6 is 11.3 Å². The molecule has 0 radical (unpaired) electrons. The highest BCUT2D eigenvalue weighted by Crippen LogP contribution is 2.37. The lowest BCUT2D eigenvalue weighted by Crippen LogP contribution is -2.59. The molecule has 0 spiro atoms.